The summed E-state index contributed by atoms with van der Waals surface area (Å²) in [5, 5.41) is 11.0. The molecule has 2 heterocycles. The zero-order valence-corrected chi connectivity index (χ0v) is 15.3. The maximum atomic E-state index is 5.88. The standard InChI is InChI=1S/C20H21N7/c1-27(2)12-13-3-5-14(6-4-13)17-9-10-22-20(24-17)23-15-7-8-18-16(11-15)19(21)26-25-18/h3-11H,12H2,1-2H3,(H3,21,25,26)(H,22,23,24). The number of hydrogen-bond donors (Lipinski definition) is 3. The molecule has 4 N–H and O–H groups in total. The molecule has 0 bridgehead atoms. The molecule has 4 aromatic rings. The van der Waals surface area contributed by atoms with Crippen molar-refractivity contribution in [2.45, 2.75) is 6.54 Å². The van der Waals surface area contributed by atoms with E-state index in [-0.39, 0.29) is 0 Å². The fourth-order valence-electron chi connectivity index (χ4n) is 2.97. The highest BCUT2D eigenvalue weighted by Gasteiger charge is 2.06. The Morgan fingerprint density at radius 2 is 1.89 bits per heavy atom. The van der Waals surface area contributed by atoms with E-state index >= 15 is 0 Å². The van der Waals surface area contributed by atoms with Crippen molar-refractivity contribution in [1.82, 2.24) is 25.1 Å². The zero-order valence-electron chi connectivity index (χ0n) is 15.3. The van der Waals surface area contributed by atoms with Gasteiger partial charge in [-0.1, -0.05) is 24.3 Å². The maximum Gasteiger partial charge on any atom is 0.227 e. The Balaban J connectivity index is 1.57. The lowest BCUT2D eigenvalue weighted by Crippen LogP contribution is -2.10. The molecule has 27 heavy (non-hydrogen) atoms. The van der Waals surface area contributed by atoms with Crippen LogP contribution in [0.4, 0.5) is 17.5 Å². The van der Waals surface area contributed by atoms with Crippen LogP contribution in [0.15, 0.2) is 54.7 Å². The second-order valence-corrected chi connectivity index (χ2v) is 6.69. The summed E-state index contributed by atoms with van der Waals surface area (Å²) >= 11 is 0. The van der Waals surface area contributed by atoms with Crippen LogP contribution in [0.25, 0.3) is 22.2 Å². The highest BCUT2D eigenvalue weighted by Crippen LogP contribution is 2.24. The summed E-state index contributed by atoms with van der Waals surface area (Å²) in [5.74, 6) is 1.01. The highest BCUT2D eigenvalue weighted by molar-refractivity contribution is 5.91. The molecule has 0 aliphatic carbocycles. The Bertz CT molecular complexity index is 1070. The normalized spacial score (nSPS) is 11.2. The Labute approximate surface area is 157 Å². The van der Waals surface area contributed by atoms with Gasteiger partial charge in [0.1, 0.15) is 0 Å². The number of nitrogens with zero attached hydrogens (tertiary/aromatic N) is 4. The molecule has 2 aromatic carbocycles. The van der Waals surface area contributed by atoms with E-state index in [1.165, 1.54) is 5.56 Å². The topological polar surface area (TPSA) is 95.8 Å². The number of benzene rings is 2. The molecule has 7 heteroatoms. The van der Waals surface area contributed by atoms with Gasteiger partial charge < -0.3 is 16.0 Å². The first-order valence-corrected chi connectivity index (χ1v) is 8.66. The molecule has 7 nitrogen and oxygen atoms in total. The van der Waals surface area contributed by atoms with Gasteiger partial charge in [0.05, 0.1) is 11.2 Å². The van der Waals surface area contributed by atoms with E-state index in [9.17, 15) is 0 Å². The summed E-state index contributed by atoms with van der Waals surface area (Å²) in [4.78, 5) is 11.1. The fourth-order valence-corrected chi connectivity index (χ4v) is 2.97. The van der Waals surface area contributed by atoms with Crippen molar-refractivity contribution in [1.29, 1.82) is 0 Å². The molecule has 0 saturated carbocycles. The van der Waals surface area contributed by atoms with Crippen molar-refractivity contribution >= 4 is 28.4 Å². The molecule has 0 radical (unpaired) electrons. The number of anilines is 3. The summed E-state index contributed by atoms with van der Waals surface area (Å²) in [6.07, 6.45) is 1.75. The predicted molar refractivity (Wildman–Crippen MR) is 109 cm³/mol. The van der Waals surface area contributed by atoms with E-state index in [1.54, 1.807) is 6.20 Å². The van der Waals surface area contributed by atoms with E-state index in [4.69, 9.17) is 5.73 Å². The largest absolute Gasteiger partial charge is 0.382 e. The van der Waals surface area contributed by atoms with Crippen molar-refractivity contribution < 1.29 is 0 Å². The minimum absolute atomic E-state index is 0.473. The van der Waals surface area contributed by atoms with Crippen molar-refractivity contribution in [2.75, 3.05) is 25.1 Å². The average molecular weight is 359 g/mol. The Morgan fingerprint density at radius 3 is 2.67 bits per heavy atom. The number of nitrogen functional groups attached to an aromatic ring is 1. The second kappa shape index (κ2) is 7.05. The number of H-pyrrole nitrogens is 1. The zero-order chi connectivity index (χ0) is 18.8. The van der Waals surface area contributed by atoms with Crippen LogP contribution in [0.1, 0.15) is 5.56 Å². The highest BCUT2D eigenvalue weighted by atomic mass is 15.2. The second-order valence-electron chi connectivity index (χ2n) is 6.69. The van der Waals surface area contributed by atoms with E-state index in [0.717, 1.165) is 34.4 Å². The van der Waals surface area contributed by atoms with Crippen molar-refractivity contribution in [3.05, 3.63) is 60.3 Å². The van der Waals surface area contributed by atoms with Gasteiger partial charge >= 0.3 is 0 Å². The summed E-state index contributed by atoms with van der Waals surface area (Å²) in [5.41, 5.74) is 10.8. The van der Waals surface area contributed by atoms with Crippen LogP contribution < -0.4 is 11.1 Å². The third kappa shape index (κ3) is 3.73. The van der Waals surface area contributed by atoms with Gasteiger partial charge in [0.25, 0.3) is 0 Å². The molecule has 2 aromatic heterocycles. The monoisotopic (exact) mass is 359 g/mol. The number of aromatic nitrogens is 4. The lowest BCUT2D eigenvalue weighted by Gasteiger charge is -2.10. The van der Waals surface area contributed by atoms with E-state index in [1.807, 2.05) is 24.3 Å². The molecular formula is C20H21N7. The van der Waals surface area contributed by atoms with Gasteiger partial charge in [0.15, 0.2) is 5.82 Å². The number of aromatic amines is 1. The van der Waals surface area contributed by atoms with Gasteiger partial charge in [-0.25, -0.2) is 9.97 Å². The Hall–Kier alpha value is -3.45. The van der Waals surface area contributed by atoms with Crippen molar-refractivity contribution in [3.8, 4) is 11.3 Å². The van der Waals surface area contributed by atoms with Crippen LogP contribution in [0.3, 0.4) is 0 Å². The summed E-state index contributed by atoms with van der Waals surface area (Å²) < 4.78 is 0. The third-order valence-corrected chi connectivity index (χ3v) is 4.25. The van der Waals surface area contributed by atoms with Gasteiger partial charge in [0.2, 0.25) is 5.95 Å². The van der Waals surface area contributed by atoms with Crippen molar-refractivity contribution in [3.63, 3.8) is 0 Å². The Kier molecular flexibility index (Phi) is 4.43. The predicted octanol–water partition coefficient (Wildman–Crippen LogP) is 3.41. The summed E-state index contributed by atoms with van der Waals surface area (Å²) in [6, 6.07) is 16.1. The lowest BCUT2D eigenvalue weighted by molar-refractivity contribution is 0.402. The van der Waals surface area contributed by atoms with Crippen LogP contribution in [-0.2, 0) is 6.54 Å². The lowest BCUT2D eigenvalue weighted by atomic mass is 10.1. The third-order valence-electron chi connectivity index (χ3n) is 4.25. The molecule has 0 unspecified atom stereocenters. The molecule has 0 aliphatic heterocycles. The van der Waals surface area contributed by atoms with Crippen LogP contribution in [-0.4, -0.2) is 39.2 Å². The number of fused-ring (bicyclic) bond motifs is 1. The number of nitrogens with one attached hydrogen (secondary N) is 2. The van der Waals surface area contributed by atoms with Crippen LogP contribution in [0.2, 0.25) is 0 Å². The van der Waals surface area contributed by atoms with E-state index in [0.29, 0.717) is 11.8 Å². The summed E-state index contributed by atoms with van der Waals surface area (Å²) in [7, 11) is 4.12. The number of hydrogen-bond acceptors (Lipinski definition) is 6. The molecule has 0 amide bonds. The first kappa shape index (κ1) is 17.0. The molecule has 0 atom stereocenters. The van der Waals surface area contributed by atoms with Crippen LogP contribution in [0, 0.1) is 0 Å². The molecule has 0 saturated heterocycles. The molecule has 4 rings (SSSR count). The minimum Gasteiger partial charge on any atom is -0.382 e. The number of rotatable bonds is 5. The maximum absolute atomic E-state index is 5.88. The Morgan fingerprint density at radius 1 is 1.07 bits per heavy atom. The van der Waals surface area contributed by atoms with Crippen LogP contribution in [0.5, 0.6) is 0 Å². The van der Waals surface area contributed by atoms with Crippen LogP contribution >= 0.6 is 0 Å². The van der Waals surface area contributed by atoms with Gasteiger partial charge in [-0.15, -0.1) is 0 Å². The smallest absolute Gasteiger partial charge is 0.227 e. The molecule has 0 fully saturated rings. The minimum atomic E-state index is 0.473. The van der Waals surface area contributed by atoms with Gasteiger partial charge in [-0.2, -0.15) is 5.10 Å². The van der Waals surface area contributed by atoms with Gasteiger partial charge in [-0.05, 0) is 43.9 Å². The average Bonchev–Trinajstić information content (AvgIpc) is 3.03. The first-order valence-electron chi connectivity index (χ1n) is 8.66. The first-order chi connectivity index (χ1) is 13.1. The van der Waals surface area contributed by atoms with Gasteiger partial charge in [-0.3, -0.25) is 5.10 Å². The molecule has 136 valence electrons. The molecular weight excluding hydrogens is 338 g/mol. The number of nitrogens with two attached hydrogens (primary N) is 1. The van der Waals surface area contributed by atoms with Gasteiger partial charge in [0, 0.05) is 29.4 Å². The van der Waals surface area contributed by atoms with E-state index in [2.05, 4.69) is 68.7 Å². The van der Waals surface area contributed by atoms with Crippen molar-refractivity contribution in [2.24, 2.45) is 0 Å². The molecule has 0 spiro atoms. The summed E-state index contributed by atoms with van der Waals surface area (Å²) in [6.45, 7) is 0.913. The fraction of sp³-hybridized carbons (Fsp3) is 0.150. The quantitative estimate of drug-likeness (QED) is 0.505. The SMILES string of the molecule is CN(C)Cc1ccc(-c2ccnc(Nc3ccc4[nH]nc(N)c4c3)n2)cc1. The van der Waals surface area contributed by atoms with E-state index < -0.39 is 0 Å². The molecule has 0 aliphatic rings.